The first-order valence-electron chi connectivity index (χ1n) is 11.3. The number of carbonyl (C=O) groups excluding carboxylic acids is 3. The number of carbonyl (C=O) groups is 4. The van der Waals surface area contributed by atoms with Gasteiger partial charge in [-0.2, -0.15) is 11.8 Å². The molecule has 3 amide bonds. The lowest BCUT2D eigenvalue weighted by Crippen LogP contribution is -2.58. The van der Waals surface area contributed by atoms with Crippen LogP contribution in [-0.4, -0.2) is 95.7 Å². The predicted octanol–water partition coefficient (Wildman–Crippen LogP) is -3.22. The van der Waals surface area contributed by atoms with E-state index >= 15 is 0 Å². The van der Waals surface area contributed by atoms with Crippen LogP contribution in [0.1, 0.15) is 38.5 Å². The largest absolute Gasteiger partial charge is 0.480 e. The highest BCUT2D eigenvalue weighted by Gasteiger charge is 2.29. The van der Waals surface area contributed by atoms with Crippen molar-refractivity contribution in [3.8, 4) is 0 Å². The monoisotopic (exact) mass is 520 g/mol. The van der Waals surface area contributed by atoms with Crippen molar-refractivity contribution in [3.05, 3.63) is 0 Å². The number of guanidine groups is 1. The Morgan fingerprint density at radius 2 is 1.49 bits per heavy atom. The van der Waals surface area contributed by atoms with Crippen molar-refractivity contribution >= 4 is 41.4 Å². The molecule has 0 spiro atoms. The van der Waals surface area contributed by atoms with Crippen molar-refractivity contribution in [3.63, 3.8) is 0 Å². The van der Waals surface area contributed by atoms with Crippen molar-refractivity contribution in [2.75, 3.05) is 31.7 Å². The number of unbranched alkanes of at least 4 members (excludes halogenated alkanes) is 1. The van der Waals surface area contributed by atoms with Crippen LogP contribution < -0.4 is 38.9 Å². The molecular weight excluding hydrogens is 480 g/mol. The van der Waals surface area contributed by atoms with Gasteiger partial charge in [0.25, 0.3) is 0 Å². The fraction of sp³-hybridized carbons (Fsp3) is 0.750. The molecule has 0 saturated carbocycles. The molecule has 0 aliphatic carbocycles. The number of hydrogen-bond donors (Lipinski definition) is 9. The molecule has 14 nitrogen and oxygen atoms in total. The highest BCUT2D eigenvalue weighted by molar-refractivity contribution is 7.98. The summed E-state index contributed by atoms with van der Waals surface area (Å²) in [6, 6.07) is -4.51. The molecule has 0 fully saturated rings. The Bertz CT molecular complexity index is 707. The molecule has 0 radical (unpaired) electrons. The molecule has 13 N–H and O–H groups in total. The molecule has 0 saturated heterocycles. The Labute approximate surface area is 209 Å². The fourth-order valence-corrected chi connectivity index (χ4v) is 3.39. The average Bonchev–Trinajstić information content (AvgIpc) is 2.81. The first-order valence-corrected chi connectivity index (χ1v) is 12.7. The third-order valence-corrected chi connectivity index (χ3v) is 5.57. The number of aliphatic imine (C=N–C) groups is 1. The van der Waals surface area contributed by atoms with E-state index in [0.717, 1.165) is 0 Å². The van der Waals surface area contributed by atoms with Gasteiger partial charge in [-0.05, 0) is 57.1 Å². The molecule has 4 unspecified atom stereocenters. The first kappa shape index (κ1) is 32.4. The summed E-state index contributed by atoms with van der Waals surface area (Å²) in [5.74, 6) is -2.92. The van der Waals surface area contributed by atoms with Crippen LogP contribution in [0.15, 0.2) is 4.99 Å². The summed E-state index contributed by atoms with van der Waals surface area (Å²) >= 11 is 1.43. The lowest BCUT2D eigenvalue weighted by Gasteiger charge is -2.24. The van der Waals surface area contributed by atoms with Gasteiger partial charge < -0.3 is 49.1 Å². The minimum Gasteiger partial charge on any atom is -0.480 e. The number of aliphatic hydroxyl groups is 1. The number of carboxylic acid groups (broad SMARTS) is 1. The number of aliphatic hydroxyl groups excluding tert-OH is 1. The van der Waals surface area contributed by atoms with E-state index in [1.807, 2.05) is 6.26 Å². The number of aliphatic carboxylic acids is 1. The van der Waals surface area contributed by atoms with Crippen LogP contribution in [0, 0.1) is 0 Å². The van der Waals surface area contributed by atoms with Gasteiger partial charge in [0.05, 0.1) is 12.6 Å². The molecule has 0 aromatic heterocycles. The Kier molecular flexibility index (Phi) is 17.3. The summed E-state index contributed by atoms with van der Waals surface area (Å²) in [5, 5.41) is 26.3. The highest BCUT2D eigenvalue weighted by atomic mass is 32.2. The maximum absolute atomic E-state index is 12.7. The number of nitrogens with zero attached hydrogens (tertiary/aromatic N) is 1. The first-order chi connectivity index (χ1) is 16.6. The van der Waals surface area contributed by atoms with Crippen LogP contribution >= 0.6 is 11.8 Å². The molecule has 0 bridgehead atoms. The van der Waals surface area contributed by atoms with E-state index in [2.05, 4.69) is 20.9 Å². The number of hydrogen-bond acceptors (Lipinski definition) is 9. The molecule has 0 aliphatic heterocycles. The molecule has 0 heterocycles. The zero-order valence-corrected chi connectivity index (χ0v) is 20.9. The van der Waals surface area contributed by atoms with Crippen LogP contribution in [0.5, 0.6) is 0 Å². The molecule has 0 aliphatic rings. The van der Waals surface area contributed by atoms with Gasteiger partial charge in [0.2, 0.25) is 17.7 Å². The Morgan fingerprint density at radius 3 is 2.03 bits per heavy atom. The van der Waals surface area contributed by atoms with Gasteiger partial charge in [0.15, 0.2) is 5.96 Å². The van der Waals surface area contributed by atoms with Crippen LogP contribution in [0.2, 0.25) is 0 Å². The normalized spacial score (nSPS) is 14.2. The van der Waals surface area contributed by atoms with Gasteiger partial charge in [-0.15, -0.1) is 0 Å². The molecule has 4 atom stereocenters. The predicted molar refractivity (Wildman–Crippen MR) is 134 cm³/mol. The topological polar surface area (TPSA) is 261 Å². The van der Waals surface area contributed by atoms with E-state index < -0.39 is 54.5 Å². The SMILES string of the molecule is CSCCC(NC(=O)C(CO)NC(=O)C(N)CCCN=C(N)N)C(=O)NC(CCCCN)C(=O)O. The van der Waals surface area contributed by atoms with E-state index in [0.29, 0.717) is 31.6 Å². The third kappa shape index (κ3) is 14.4. The molecule has 35 heavy (non-hydrogen) atoms. The highest BCUT2D eigenvalue weighted by Crippen LogP contribution is 2.06. The van der Waals surface area contributed by atoms with Crippen molar-refractivity contribution in [2.24, 2.45) is 27.9 Å². The number of nitrogens with one attached hydrogen (secondary N) is 3. The van der Waals surface area contributed by atoms with Crippen LogP contribution in [0.3, 0.4) is 0 Å². The van der Waals surface area contributed by atoms with Gasteiger partial charge in [-0.3, -0.25) is 19.4 Å². The second-order valence-corrected chi connectivity index (χ2v) is 8.81. The molecule has 0 rings (SSSR count). The number of nitrogens with two attached hydrogens (primary N) is 4. The minimum absolute atomic E-state index is 0.0784. The van der Waals surface area contributed by atoms with Crippen molar-refractivity contribution in [1.82, 2.24) is 16.0 Å². The summed E-state index contributed by atoms with van der Waals surface area (Å²) in [4.78, 5) is 53.0. The van der Waals surface area contributed by atoms with E-state index in [1.165, 1.54) is 11.8 Å². The van der Waals surface area contributed by atoms with Crippen molar-refractivity contribution in [2.45, 2.75) is 62.7 Å². The minimum atomic E-state index is -1.35. The van der Waals surface area contributed by atoms with E-state index in [-0.39, 0.29) is 31.8 Å². The number of rotatable bonds is 19. The van der Waals surface area contributed by atoms with Gasteiger partial charge in [0, 0.05) is 6.54 Å². The number of carboxylic acids is 1. The summed E-state index contributed by atoms with van der Waals surface area (Å²) in [6.45, 7) is -0.0457. The lowest BCUT2D eigenvalue weighted by molar-refractivity contribution is -0.142. The molecule has 15 heteroatoms. The zero-order chi connectivity index (χ0) is 26.8. The van der Waals surface area contributed by atoms with E-state index in [9.17, 15) is 29.4 Å². The molecular formula is C20H40N8O6S. The summed E-state index contributed by atoms with van der Waals surface area (Å²) in [6.07, 6.45) is 4.01. The summed E-state index contributed by atoms with van der Waals surface area (Å²) < 4.78 is 0. The fourth-order valence-electron chi connectivity index (χ4n) is 2.92. The van der Waals surface area contributed by atoms with E-state index in [4.69, 9.17) is 22.9 Å². The maximum Gasteiger partial charge on any atom is 0.326 e. The Morgan fingerprint density at radius 1 is 0.886 bits per heavy atom. The second kappa shape index (κ2) is 18.7. The maximum atomic E-state index is 12.7. The van der Waals surface area contributed by atoms with Gasteiger partial charge in [-0.25, -0.2) is 4.79 Å². The van der Waals surface area contributed by atoms with Gasteiger partial charge in [0.1, 0.15) is 18.1 Å². The molecule has 0 aromatic rings. The smallest absolute Gasteiger partial charge is 0.326 e. The molecule has 202 valence electrons. The second-order valence-electron chi connectivity index (χ2n) is 7.83. The van der Waals surface area contributed by atoms with Crippen LogP contribution in [-0.2, 0) is 19.2 Å². The molecule has 0 aromatic carbocycles. The van der Waals surface area contributed by atoms with E-state index in [1.54, 1.807) is 0 Å². The van der Waals surface area contributed by atoms with Crippen LogP contribution in [0.25, 0.3) is 0 Å². The number of thioether (sulfide) groups is 1. The quantitative estimate of drug-likeness (QED) is 0.0464. The zero-order valence-electron chi connectivity index (χ0n) is 20.1. The van der Waals surface area contributed by atoms with Gasteiger partial charge >= 0.3 is 5.97 Å². The van der Waals surface area contributed by atoms with Crippen LogP contribution in [0.4, 0.5) is 0 Å². The summed E-state index contributed by atoms with van der Waals surface area (Å²) in [7, 11) is 0. The van der Waals surface area contributed by atoms with Crippen molar-refractivity contribution < 1.29 is 29.4 Å². The third-order valence-electron chi connectivity index (χ3n) is 4.93. The Hall–Kier alpha value is -2.62. The van der Waals surface area contributed by atoms with Gasteiger partial charge in [-0.1, -0.05) is 0 Å². The standard InChI is InChI=1S/C20H40N8O6S/c1-35-10-7-13(17(31)27-14(19(33)34)6-2-3-8-21)26-18(32)15(11-29)28-16(30)12(22)5-4-9-25-20(23)24/h12-15,29H,2-11,21-22H2,1H3,(H,26,32)(H,27,31)(H,28,30)(H,33,34)(H4,23,24,25). The average molecular weight is 521 g/mol. The number of amides is 3. The van der Waals surface area contributed by atoms with Crippen molar-refractivity contribution in [1.29, 1.82) is 0 Å². The lowest BCUT2D eigenvalue weighted by atomic mass is 10.1. The Balaban J connectivity index is 5.08. The summed E-state index contributed by atoms with van der Waals surface area (Å²) in [5.41, 5.74) is 21.7.